The molecule has 3 aromatic rings. The topological polar surface area (TPSA) is 140 Å². The summed E-state index contributed by atoms with van der Waals surface area (Å²) >= 11 is 0.927. The number of amides is 1. The second-order valence-corrected chi connectivity index (χ2v) is 8.47. The molecule has 0 aliphatic carbocycles. The molecule has 1 unspecified atom stereocenters. The number of anilines is 1. The Hall–Kier alpha value is -4.49. The molecule has 0 saturated carbocycles. The number of thiazole rings is 1. The first kappa shape index (κ1) is 25.1. The highest BCUT2D eigenvalue weighted by Gasteiger charge is 2.35. The Morgan fingerprint density at radius 2 is 2.00 bits per heavy atom. The summed E-state index contributed by atoms with van der Waals surface area (Å²) in [5, 5.41) is 12.8. The van der Waals surface area contributed by atoms with E-state index in [1.807, 2.05) is 13.0 Å². The van der Waals surface area contributed by atoms with Crippen LogP contribution >= 0.6 is 11.3 Å². The fourth-order valence-electron chi connectivity index (χ4n) is 3.74. The number of rotatable bonds is 4. The maximum Gasteiger partial charge on any atom is 0.332 e. The SMILES string of the molecule is C.COC(=O)/C=c1\sc2n(c1=O)C(N)=C(C#N)C(c1ccncc1)C=2C(=O)Nc1cccc(C)c1. The number of allylic oxidation sites excluding steroid dienone is 1. The van der Waals surface area contributed by atoms with Gasteiger partial charge >= 0.3 is 5.97 Å². The second-order valence-electron chi connectivity index (χ2n) is 7.44. The first-order valence-electron chi connectivity index (χ1n) is 10.1. The van der Waals surface area contributed by atoms with Gasteiger partial charge in [0, 0.05) is 24.2 Å². The zero-order valence-corrected chi connectivity index (χ0v) is 19.1. The van der Waals surface area contributed by atoms with Crippen LogP contribution in [0.3, 0.4) is 0 Å². The van der Waals surface area contributed by atoms with Crippen LogP contribution in [0.25, 0.3) is 17.5 Å². The number of hydrogen-bond acceptors (Lipinski definition) is 8. The third kappa shape index (κ3) is 4.62. The minimum atomic E-state index is -0.846. The number of nitriles is 1. The van der Waals surface area contributed by atoms with Gasteiger partial charge in [-0.05, 0) is 42.3 Å². The average molecular weight is 490 g/mol. The summed E-state index contributed by atoms with van der Waals surface area (Å²) in [6.07, 6.45) is 4.13. The minimum Gasteiger partial charge on any atom is -0.466 e. The number of aryl methyl sites for hydroxylation is 1. The molecule has 3 heterocycles. The van der Waals surface area contributed by atoms with Gasteiger partial charge < -0.3 is 15.8 Å². The lowest BCUT2D eigenvalue weighted by atomic mass is 9.84. The highest BCUT2D eigenvalue weighted by Crippen LogP contribution is 2.36. The first-order chi connectivity index (χ1) is 16.3. The summed E-state index contributed by atoms with van der Waals surface area (Å²) in [7, 11) is 1.19. The zero-order chi connectivity index (χ0) is 24.4. The third-order valence-corrected chi connectivity index (χ3v) is 6.39. The summed E-state index contributed by atoms with van der Waals surface area (Å²) in [6.45, 7) is 1.90. The monoisotopic (exact) mass is 489 g/mol. The Kier molecular flexibility index (Phi) is 7.32. The van der Waals surface area contributed by atoms with Gasteiger partial charge in [0.1, 0.15) is 15.0 Å². The number of carbonyl (C=O) groups is 2. The van der Waals surface area contributed by atoms with Gasteiger partial charge in [-0.2, -0.15) is 5.26 Å². The molecule has 0 bridgehead atoms. The molecule has 1 aliphatic heterocycles. The Labute approximate surface area is 205 Å². The van der Waals surface area contributed by atoms with Gasteiger partial charge in [-0.3, -0.25) is 19.1 Å². The van der Waals surface area contributed by atoms with Gasteiger partial charge in [0.05, 0.1) is 30.2 Å². The maximum atomic E-state index is 13.6. The van der Waals surface area contributed by atoms with Crippen molar-refractivity contribution in [2.75, 3.05) is 12.4 Å². The van der Waals surface area contributed by atoms with Crippen LogP contribution in [0.5, 0.6) is 0 Å². The van der Waals surface area contributed by atoms with Crippen molar-refractivity contribution in [1.82, 2.24) is 9.55 Å². The van der Waals surface area contributed by atoms with E-state index in [9.17, 15) is 19.6 Å². The number of methoxy groups -OCH3 is 1. The number of aromatic nitrogens is 2. The van der Waals surface area contributed by atoms with Crippen molar-refractivity contribution in [1.29, 1.82) is 5.26 Å². The van der Waals surface area contributed by atoms with Gasteiger partial charge in [-0.1, -0.05) is 19.6 Å². The molecule has 1 aliphatic rings. The number of carbonyl (C=O) groups excluding carboxylic acids is 2. The molecule has 1 atom stereocenters. The van der Waals surface area contributed by atoms with Crippen molar-refractivity contribution in [2.24, 2.45) is 5.73 Å². The van der Waals surface area contributed by atoms with Gasteiger partial charge in [0.2, 0.25) is 0 Å². The summed E-state index contributed by atoms with van der Waals surface area (Å²) in [6, 6.07) is 12.7. The third-order valence-electron chi connectivity index (χ3n) is 5.28. The number of nitrogens with zero attached hydrogens (tertiary/aromatic N) is 3. The van der Waals surface area contributed by atoms with Gasteiger partial charge in [-0.15, -0.1) is 11.3 Å². The smallest absolute Gasteiger partial charge is 0.332 e. The van der Waals surface area contributed by atoms with E-state index < -0.39 is 23.4 Å². The van der Waals surface area contributed by atoms with Crippen LogP contribution in [-0.4, -0.2) is 28.5 Å². The number of fused-ring (bicyclic) bond motifs is 1. The van der Waals surface area contributed by atoms with Crippen LogP contribution in [0.15, 0.2) is 59.2 Å². The Morgan fingerprint density at radius 3 is 2.63 bits per heavy atom. The van der Waals surface area contributed by atoms with Crippen molar-refractivity contribution in [3.05, 3.63) is 85.0 Å². The largest absolute Gasteiger partial charge is 0.466 e. The molecular weight excluding hydrogens is 466 g/mol. The standard InChI is InChI=1S/C24H19N5O4S.CH4/c1-13-4-3-5-15(10-13)28-22(31)20-19(14-6-8-27-9-7-14)16(12-25)21(26)29-23(32)17(34-24(20)29)11-18(30)33-2;/h3-11,19H,26H2,1-2H3,(H,28,31);1H4/b17-11-;. The number of benzene rings is 1. The molecule has 0 saturated heterocycles. The van der Waals surface area contributed by atoms with Gasteiger partial charge in [0.25, 0.3) is 11.5 Å². The number of hydrogen-bond donors (Lipinski definition) is 2. The van der Waals surface area contributed by atoms with Crippen LogP contribution in [0.2, 0.25) is 0 Å². The van der Waals surface area contributed by atoms with Crippen molar-refractivity contribution in [3.8, 4) is 6.07 Å². The fraction of sp³-hybridized carbons (Fsp3) is 0.160. The molecule has 0 fully saturated rings. The van der Waals surface area contributed by atoms with E-state index in [2.05, 4.69) is 21.1 Å². The Balaban J connectivity index is 0.00000342. The molecule has 3 N–H and O–H groups in total. The van der Waals surface area contributed by atoms with Crippen molar-refractivity contribution >= 4 is 46.4 Å². The fourth-order valence-corrected chi connectivity index (χ4v) is 4.88. The molecule has 1 amide bonds. The van der Waals surface area contributed by atoms with Crippen LogP contribution in [0, 0.1) is 18.3 Å². The van der Waals surface area contributed by atoms with E-state index in [-0.39, 0.29) is 33.6 Å². The van der Waals surface area contributed by atoms with Crippen molar-refractivity contribution < 1.29 is 14.3 Å². The van der Waals surface area contributed by atoms with Crippen molar-refractivity contribution in [3.63, 3.8) is 0 Å². The van der Waals surface area contributed by atoms with Crippen molar-refractivity contribution in [2.45, 2.75) is 20.3 Å². The number of nitrogens with one attached hydrogen (secondary N) is 1. The summed E-state index contributed by atoms with van der Waals surface area (Å²) in [5.41, 5.74) is 7.96. The number of esters is 1. The summed E-state index contributed by atoms with van der Waals surface area (Å²) in [4.78, 5) is 42.6. The average Bonchev–Trinajstić information content (AvgIpc) is 3.15. The lowest BCUT2D eigenvalue weighted by Gasteiger charge is -2.25. The normalized spacial score (nSPS) is 15.1. The van der Waals surface area contributed by atoms with Crippen LogP contribution in [0.4, 0.5) is 5.69 Å². The van der Waals surface area contributed by atoms with E-state index >= 15 is 0 Å². The van der Waals surface area contributed by atoms with E-state index in [1.54, 1.807) is 42.7 Å². The minimum absolute atomic E-state index is 0. The van der Waals surface area contributed by atoms with E-state index in [1.165, 1.54) is 7.11 Å². The molecule has 35 heavy (non-hydrogen) atoms. The van der Waals surface area contributed by atoms with E-state index in [0.717, 1.165) is 27.5 Å². The van der Waals surface area contributed by atoms with Gasteiger partial charge in [0.15, 0.2) is 0 Å². The quantitative estimate of drug-likeness (QED) is 0.529. The number of nitrogens with two attached hydrogens (primary N) is 1. The first-order valence-corrected chi connectivity index (χ1v) is 10.9. The molecule has 10 heteroatoms. The predicted molar refractivity (Wildman–Crippen MR) is 134 cm³/mol. The predicted octanol–water partition coefficient (Wildman–Crippen LogP) is 1.44. The zero-order valence-electron chi connectivity index (χ0n) is 18.2. The molecular formula is C25H23N5O4S. The molecule has 178 valence electrons. The maximum absolute atomic E-state index is 13.6. The highest BCUT2D eigenvalue weighted by atomic mass is 32.1. The molecule has 0 radical (unpaired) electrons. The number of ether oxygens (including phenoxy) is 1. The van der Waals surface area contributed by atoms with Crippen LogP contribution in [-0.2, 0) is 14.3 Å². The molecule has 0 spiro atoms. The number of pyridine rings is 1. The second kappa shape index (κ2) is 10.2. The molecule has 2 aromatic heterocycles. The molecule has 9 nitrogen and oxygen atoms in total. The summed E-state index contributed by atoms with van der Waals surface area (Å²) in [5.74, 6) is -2.18. The van der Waals surface area contributed by atoms with E-state index in [0.29, 0.717) is 11.3 Å². The lowest BCUT2D eigenvalue weighted by Crippen LogP contribution is -2.40. The highest BCUT2D eigenvalue weighted by molar-refractivity contribution is 7.07. The Bertz CT molecular complexity index is 1560. The summed E-state index contributed by atoms with van der Waals surface area (Å²) < 4.78 is 5.99. The Morgan fingerprint density at radius 1 is 1.29 bits per heavy atom. The molecule has 4 rings (SSSR count). The van der Waals surface area contributed by atoms with Crippen LogP contribution < -0.4 is 25.8 Å². The van der Waals surface area contributed by atoms with E-state index in [4.69, 9.17) is 5.73 Å². The molecule has 1 aromatic carbocycles. The lowest BCUT2D eigenvalue weighted by molar-refractivity contribution is -0.133. The van der Waals surface area contributed by atoms with Gasteiger partial charge in [-0.25, -0.2) is 4.79 Å². The van der Waals surface area contributed by atoms with Crippen LogP contribution in [0.1, 0.15) is 24.5 Å².